The lowest BCUT2D eigenvalue weighted by Crippen LogP contribution is -2.46. The van der Waals surface area contributed by atoms with Crippen molar-refractivity contribution in [1.29, 1.82) is 0 Å². The van der Waals surface area contributed by atoms with Crippen LogP contribution < -0.4 is 10.6 Å². The molecule has 0 unspecified atom stereocenters. The van der Waals surface area contributed by atoms with Crippen molar-refractivity contribution in [2.75, 3.05) is 19.8 Å². The molecule has 3 N–H and O–H groups in total. The third-order valence-corrected chi connectivity index (χ3v) is 2.45. The normalized spacial score (nSPS) is 11.6. The van der Waals surface area contributed by atoms with Crippen LogP contribution in [0, 0.1) is 0 Å². The van der Waals surface area contributed by atoms with E-state index in [1.807, 2.05) is 6.92 Å². The standard InChI is InChI=1S/C13H24N2O4/c1-3-5-7-11(12(16)17)15-13(18)14-8-10-19-9-6-4-2/h4,11H,2-3,5-10H2,1H3,(H,16,17)(H2,14,15,18)/t11-/m0/s1. The van der Waals surface area contributed by atoms with Crippen molar-refractivity contribution in [3.8, 4) is 0 Å². The fourth-order valence-electron chi connectivity index (χ4n) is 1.38. The molecule has 2 amide bonds. The Bertz CT molecular complexity index is 282. The monoisotopic (exact) mass is 272 g/mol. The van der Waals surface area contributed by atoms with Crippen LogP contribution in [0.4, 0.5) is 4.79 Å². The van der Waals surface area contributed by atoms with Gasteiger partial charge >= 0.3 is 12.0 Å². The zero-order valence-electron chi connectivity index (χ0n) is 11.5. The van der Waals surface area contributed by atoms with Gasteiger partial charge in [0.25, 0.3) is 0 Å². The number of carboxylic acid groups (broad SMARTS) is 1. The average molecular weight is 272 g/mol. The topological polar surface area (TPSA) is 87.7 Å². The Morgan fingerprint density at radius 1 is 1.42 bits per heavy atom. The van der Waals surface area contributed by atoms with E-state index in [1.165, 1.54) is 0 Å². The molecule has 0 aliphatic rings. The second-order valence-corrected chi connectivity index (χ2v) is 4.12. The molecule has 6 heteroatoms. The van der Waals surface area contributed by atoms with Gasteiger partial charge in [-0.1, -0.05) is 25.8 Å². The number of nitrogens with one attached hydrogen (secondary N) is 2. The van der Waals surface area contributed by atoms with Crippen molar-refractivity contribution in [3.63, 3.8) is 0 Å². The summed E-state index contributed by atoms with van der Waals surface area (Å²) in [7, 11) is 0. The Morgan fingerprint density at radius 3 is 2.74 bits per heavy atom. The van der Waals surface area contributed by atoms with Gasteiger partial charge in [0.2, 0.25) is 0 Å². The first-order valence-electron chi connectivity index (χ1n) is 6.57. The summed E-state index contributed by atoms with van der Waals surface area (Å²) in [5.41, 5.74) is 0. The van der Waals surface area contributed by atoms with E-state index >= 15 is 0 Å². The van der Waals surface area contributed by atoms with Gasteiger partial charge in [0.1, 0.15) is 6.04 Å². The molecule has 0 radical (unpaired) electrons. The van der Waals surface area contributed by atoms with Gasteiger partial charge < -0.3 is 20.5 Å². The van der Waals surface area contributed by atoms with Crippen LogP contribution in [-0.2, 0) is 9.53 Å². The highest BCUT2D eigenvalue weighted by Crippen LogP contribution is 2.00. The lowest BCUT2D eigenvalue weighted by molar-refractivity contribution is -0.139. The van der Waals surface area contributed by atoms with Gasteiger partial charge in [-0.05, 0) is 12.8 Å². The number of ether oxygens (including phenoxy) is 1. The highest BCUT2D eigenvalue weighted by Gasteiger charge is 2.18. The van der Waals surface area contributed by atoms with E-state index in [2.05, 4.69) is 17.2 Å². The lowest BCUT2D eigenvalue weighted by Gasteiger charge is -2.14. The molecule has 0 saturated carbocycles. The minimum Gasteiger partial charge on any atom is -0.480 e. The molecule has 0 aromatic rings. The van der Waals surface area contributed by atoms with Crippen molar-refractivity contribution in [2.45, 2.75) is 38.6 Å². The van der Waals surface area contributed by atoms with E-state index in [0.717, 1.165) is 19.3 Å². The molecule has 0 aliphatic carbocycles. The van der Waals surface area contributed by atoms with Crippen molar-refractivity contribution in [3.05, 3.63) is 12.7 Å². The van der Waals surface area contributed by atoms with Gasteiger partial charge in [0.15, 0.2) is 0 Å². The fourth-order valence-corrected chi connectivity index (χ4v) is 1.38. The second-order valence-electron chi connectivity index (χ2n) is 4.12. The summed E-state index contributed by atoms with van der Waals surface area (Å²) in [6.45, 7) is 6.85. The molecule has 0 aromatic carbocycles. The van der Waals surface area contributed by atoms with E-state index in [9.17, 15) is 9.59 Å². The number of urea groups is 1. The van der Waals surface area contributed by atoms with Crippen molar-refractivity contribution in [2.24, 2.45) is 0 Å². The van der Waals surface area contributed by atoms with Gasteiger partial charge in [-0.25, -0.2) is 9.59 Å². The molecule has 110 valence electrons. The molecule has 0 bridgehead atoms. The molecule has 0 aromatic heterocycles. The predicted octanol–water partition coefficient (Wildman–Crippen LogP) is 1.52. The summed E-state index contributed by atoms with van der Waals surface area (Å²) in [5, 5.41) is 13.9. The van der Waals surface area contributed by atoms with Crippen molar-refractivity contribution >= 4 is 12.0 Å². The van der Waals surface area contributed by atoms with Crippen LogP contribution in [0.15, 0.2) is 12.7 Å². The lowest BCUT2D eigenvalue weighted by atomic mass is 10.1. The highest BCUT2D eigenvalue weighted by molar-refractivity contribution is 5.82. The van der Waals surface area contributed by atoms with Crippen molar-refractivity contribution < 1.29 is 19.4 Å². The molecule has 0 saturated heterocycles. The van der Waals surface area contributed by atoms with Crippen LogP contribution in [0.1, 0.15) is 32.6 Å². The Hall–Kier alpha value is -1.56. The quantitative estimate of drug-likeness (QED) is 0.393. The first kappa shape index (κ1) is 17.4. The van der Waals surface area contributed by atoms with Crippen LogP contribution >= 0.6 is 0 Å². The average Bonchev–Trinajstić information content (AvgIpc) is 2.38. The number of hydrogen-bond acceptors (Lipinski definition) is 3. The maximum atomic E-state index is 11.5. The first-order valence-corrected chi connectivity index (χ1v) is 6.57. The van der Waals surface area contributed by atoms with E-state index in [1.54, 1.807) is 6.08 Å². The van der Waals surface area contributed by atoms with Crippen LogP contribution in [0.3, 0.4) is 0 Å². The molecule has 0 spiro atoms. The largest absolute Gasteiger partial charge is 0.480 e. The molecular weight excluding hydrogens is 248 g/mol. The minimum atomic E-state index is -1.01. The SMILES string of the molecule is C=CCCOCCNC(=O)N[C@@H](CCCC)C(=O)O. The van der Waals surface area contributed by atoms with Crippen LogP contribution in [0.5, 0.6) is 0 Å². The van der Waals surface area contributed by atoms with E-state index in [-0.39, 0.29) is 0 Å². The van der Waals surface area contributed by atoms with Gasteiger partial charge in [0.05, 0.1) is 13.2 Å². The summed E-state index contributed by atoms with van der Waals surface area (Å²) >= 11 is 0. The maximum Gasteiger partial charge on any atom is 0.326 e. The molecular formula is C13H24N2O4. The van der Waals surface area contributed by atoms with Crippen molar-refractivity contribution in [1.82, 2.24) is 10.6 Å². The fraction of sp³-hybridized carbons (Fsp3) is 0.692. The summed E-state index contributed by atoms with van der Waals surface area (Å²) in [4.78, 5) is 22.4. The third-order valence-electron chi connectivity index (χ3n) is 2.45. The summed E-state index contributed by atoms with van der Waals surface area (Å²) in [6, 6.07) is -1.31. The van der Waals surface area contributed by atoms with Crippen LogP contribution in [0.25, 0.3) is 0 Å². The van der Waals surface area contributed by atoms with E-state index < -0.39 is 18.0 Å². The highest BCUT2D eigenvalue weighted by atomic mass is 16.5. The zero-order chi connectivity index (χ0) is 14.5. The summed E-state index contributed by atoms with van der Waals surface area (Å²) in [6.07, 6.45) is 4.62. The molecule has 0 aliphatic heterocycles. The molecule has 19 heavy (non-hydrogen) atoms. The van der Waals surface area contributed by atoms with Crippen LogP contribution in [-0.4, -0.2) is 42.9 Å². The molecule has 0 rings (SSSR count). The van der Waals surface area contributed by atoms with E-state index in [0.29, 0.717) is 26.2 Å². The number of hydrogen-bond donors (Lipinski definition) is 3. The zero-order valence-corrected chi connectivity index (χ0v) is 11.5. The number of carbonyl (C=O) groups excluding carboxylic acids is 1. The first-order chi connectivity index (χ1) is 9.11. The number of unbranched alkanes of at least 4 members (excludes halogenated alkanes) is 1. The van der Waals surface area contributed by atoms with Gasteiger partial charge in [-0.2, -0.15) is 0 Å². The molecule has 1 atom stereocenters. The molecule has 6 nitrogen and oxygen atoms in total. The molecule has 0 heterocycles. The van der Waals surface area contributed by atoms with Gasteiger partial charge in [-0.3, -0.25) is 0 Å². The molecule has 0 fully saturated rings. The Labute approximate surface area is 114 Å². The Morgan fingerprint density at radius 2 is 2.16 bits per heavy atom. The number of amides is 2. The number of rotatable bonds is 11. The number of carboxylic acids is 1. The maximum absolute atomic E-state index is 11.5. The van der Waals surface area contributed by atoms with Crippen LogP contribution in [0.2, 0.25) is 0 Å². The predicted molar refractivity (Wildman–Crippen MR) is 73.1 cm³/mol. The van der Waals surface area contributed by atoms with Gasteiger partial charge in [-0.15, -0.1) is 6.58 Å². The summed E-state index contributed by atoms with van der Waals surface area (Å²) < 4.78 is 5.21. The number of aliphatic carboxylic acids is 1. The second kappa shape index (κ2) is 11.5. The minimum absolute atomic E-state index is 0.350. The smallest absolute Gasteiger partial charge is 0.326 e. The van der Waals surface area contributed by atoms with E-state index in [4.69, 9.17) is 9.84 Å². The third kappa shape index (κ3) is 10.1. The number of carbonyl (C=O) groups is 2. The van der Waals surface area contributed by atoms with Gasteiger partial charge in [0, 0.05) is 6.54 Å². The Balaban J connectivity index is 3.74. The Kier molecular flexibility index (Phi) is 10.6. The summed E-state index contributed by atoms with van der Waals surface area (Å²) in [5.74, 6) is -1.01.